The molecule has 0 bridgehead atoms. The summed E-state index contributed by atoms with van der Waals surface area (Å²) in [6.07, 6.45) is 0. The minimum Gasteiger partial charge on any atom is -0.471 e. The van der Waals surface area contributed by atoms with Crippen LogP contribution < -0.4 is 0 Å². The van der Waals surface area contributed by atoms with E-state index in [2.05, 4.69) is 4.74 Å². The molecule has 0 aliphatic heterocycles. The van der Waals surface area contributed by atoms with Crippen LogP contribution in [0.4, 0.5) is 4.39 Å². The third-order valence-corrected chi connectivity index (χ3v) is 0.664. The lowest BCUT2D eigenvalue weighted by Gasteiger charge is -1.98. The van der Waals surface area contributed by atoms with Crippen LogP contribution in [-0.4, -0.2) is 6.61 Å². The van der Waals surface area contributed by atoms with Crippen molar-refractivity contribution in [3.63, 3.8) is 0 Å². The molecule has 1 nitrogen and oxygen atoms in total. The Morgan fingerprint density at radius 2 is 2.00 bits per heavy atom. The van der Waals surface area contributed by atoms with Crippen molar-refractivity contribution < 1.29 is 9.13 Å². The lowest BCUT2D eigenvalue weighted by molar-refractivity contribution is 0.153. The first-order valence-electron chi connectivity index (χ1n) is 2.64. The van der Waals surface area contributed by atoms with Crippen molar-refractivity contribution in [2.24, 2.45) is 0 Å². The maximum absolute atomic E-state index is 12.2. The topological polar surface area (TPSA) is 9.23 Å². The van der Waals surface area contributed by atoms with E-state index in [4.69, 9.17) is 0 Å². The van der Waals surface area contributed by atoms with Crippen LogP contribution in [0.2, 0.25) is 0 Å². The zero-order valence-corrected chi connectivity index (χ0v) is 5.49. The molecule has 0 saturated carbocycles. The van der Waals surface area contributed by atoms with Crippen LogP contribution in [0.15, 0.2) is 11.6 Å². The third-order valence-electron chi connectivity index (χ3n) is 0.664. The highest BCUT2D eigenvalue weighted by Crippen LogP contribution is 2.04. The molecule has 0 aliphatic carbocycles. The van der Waals surface area contributed by atoms with E-state index in [-0.39, 0.29) is 0 Å². The fraction of sp³-hybridized carbons (Fsp3) is 0.667. The van der Waals surface area contributed by atoms with Crippen LogP contribution in [0.1, 0.15) is 20.8 Å². The SMILES string of the molecule is CCOC(F)=C(C)C. The first-order valence-corrected chi connectivity index (χ1v) is 2.64. The summed E-state index contributed by atoms with van der Waals surface area (Å²) < 4.78 is 16.7. The molecule has 0 heterocycles. The first-order chi connectivity index (χ1) is 3.68. The second-order valence-electron chi connectivity index (χ2n) is 1.71. The van der Waals surface area contributed by atoms with Gasteiger partial charge in [-0.15, -0.1) is 0 Å². The summed E-state index contributed by atoms with van der Waals surface area (Å²) in [5.41, 5.74) is 0.590. The minimum absolute atomic E-state index is 0.400. The maximum atomic E-state index is 12.2. The van der Waals surface area contributed by atoms with Crippen LogP contribution in [0.5, 0.6) is 0 Å². The summed E-state index contributed by atoms with van der Waals surface area (Å²) in [5.74, 6) is 0. The Balaban J connectivity index is 3.62. The second-order valence-corrected chi connectivity index (χ2v) is 1.71. The van der Waals surface area contributed by atoms with Gasteiger partial charge in [-0.3, -0.25) is 0 Å². The van der Waals surface area contributed by atoms with Gasteiger partial charge in [0.2, 0.25) is 0 Å². The summed E-state index contributed by atoms with van der Waals surface area (Å²) in [6, 6.07) is -0.451. The van der Waals surface area contributed by atoms with Gasteiger partial charge in [0.1, 0.15) is 0 Å². The average molecular weight is 118 g/mol. The van der Waals surface area contributed by atoms with Crippen LogP contribution in [0.25, 0.3) is 0 Å². The molecule has 0 saturated heterocycles. The molecule has 0 aromatic rings. The molecular weight excluding hydrogens is 107 g/mol. The van der Waals surface area contributed by atoms with Crippen LogP contribution in [0.3, 0.4) is 0 Å². The highest BCUT2D eigenvalue weighted by atomic mass is 19.1. The highest BCUT2D eigenvalue weighted by Gasteiger charge is 1.92. The molecule has 0 aromatic heterocycles. The Kier molecular flexibility index (Phi) is 3.24. The molecule has 48 valence electrons. The number of ether oxygens (including phenoxy) is 1. The molecule has 0 unspecified atom stereocenters. The van der Waals surface area contributed by atoms with Crippen molar-refractivity contribution >= 4 is 0 Å². The zero-order valence-electron chi connectivity index (χ0n) is 5.49. The van der Waals surface area contributed by atoms with Gasteiger partial charge in [-0.25, -0.2) is 0 Å². The number of hydrogen-bond donors (Lipinski definition) is 0. The van der Waals surface area contributed by atoms with E-state index in [9.17, 15) is 4.39 Å². The lowest BCUT2D eigenvalue weighted by atomic mass is 10.4. The van der Waals surface area contributed by atoms with Crippen molar-refractivity contribution in [2.45, 2.75) is 20.8 Å². The number of hydrogen-bond acceptors (Lipinski definition) is 1. The largest absolute Gasteiger partial charge is 0.471 e. The molecule has 0 N–H and O–H groups in total. The second kappa shape index (κ2) is 3.47. The molecule has 0 amide bonds. The van der Waals surface area contributed by atoms with Crippen LogP contribution in [0, 0.1) is 0 Å². The van der Waals surface area contributed by atoms with E-state index in [0.717, 1.165) is 0 Å². The fourth-order valence-corrected chi connectivity index (χ4v) is 0.271. The Bertz CT molecular complexity index is 92.7. The summed E-state index contributed by atoms with van der Waals surface area (Å²) in [5, 5.41) is 0. The summed E-state index contributed by atoms with van der Waals surface area (Å²) in [4.78, 5) is 0. The minimum atomic E-state index is -0.451. The molecule has 0 spiro atoms. The molecule has 0 fully saturated rings. The summed E-state index contributed by atoms with van der Waals surface area (Å²) >= 11 is 0. The fourth-order valence-electron chi connectivity index (χ4n) is 0.271. The van der Waals surface area contributed by atoms with E-state index in [1.807, 2.05) is 0 Å². The molecule has 0 atom stereocenters. The monoisotopic (exact) mass is 118 g/mol. The lowest BCUT2D eigenvalue weighted by Crippen LogP contribution is -1.86. The van der Waals surface area contributed by atoms with E-state index < -0.39 is 6.01 Å². The molecule has 0 aliphatic rings. The maximum Gasteiger partial charge on any atom is 0.271 e. The zero-order chi connectivity index (χ0) is 6.57. The van der Waals surface area contributed by atoms with Crippen molar-refractivity contribution in [3.8, 4) is 0 Å². The first kappa shape index (κ1) is 7.47. The van der Waals surface area contributed by atoms with Gasteiger partial charge >= 0.3 is 0 Å². The van der Waals surface area contributed by atoms with Gasteiger partial charge in [0.05, 0.1) is 6.61 Å². The summed E-state index contributed by atoms with van der Waals surface area (Å²) in [7, 11) is 0. The molecular formula is C6H11FO. The van der Waals surface area contributed by atoms with Gasteiger partial charge in [0.25, 0.3) is 6.01 Å². The molecule has 0 radical (unpaired) electrons. The molecule has 0 rings (SSSR count). The third kappa shape index (κ3) is 2.61. The van der Waals surface area contributed by atoms with Crippen molar-refractivity contribution in [1.82, 2.24) is 0 Å². The quantitative estimate of drug-likeness (QED) is 0.505. The Morgan fingerprint density at radius 3 is 2.12 bits per heavy atom. The van der Waals surface area contributed by atoms with Gasteiger partial charge < -0.3 is 4.74 Å². The van der Waals surface area contributed by atoms with E-state index in [1.54, 1.807) is 20.8 Å². The van der Waals surface area contributed by atoms with E-state index in [1.165, 1.54) is 0 Å². The number of halogens is 1. The standard InChI is InChI=1S/C6H11FO/c1-4-8-6(7)5(2)3/h4H2,1-3H3. The molecule has 0 aromatic carbocycles. The predicted octanol–water partition coefficient (Wildman–Crippen LogP) is 2.24. The van der Waals surface area contributed by atoms with Gasteiger partial charge in [0.15, 0.2) is 0 Å². The average Bonchev–Trinajstić information content (AvgIpc) is 1.67. The normalized spacial score (nSPS) is 8.50. The van der Waals surface area contributed by atoms with Gasteiger partial charge in [-0.05, 0) is 26.3 Å². The summed E-state index contributed by atoms with van der Waals surface area (Å²) in [6.45, 7) is 5.50. The Hall–Kier alpha value is -0.530. The van der Waals surface area contributed by atoms with Crippen LogP contribution >= 0.6 is 0 Å². The molecule has 2 heteroatoms. The Labute approximate surface area is 49.2 Å². The van der Waals surface area contributed by atoms with Crippen molar-refractivity contribution in [1.29, 1.82) is 0 Å². The van der Waals surface area contributed by atoms with Gasteiger partial charge in [-0.1, -0.05) is 0 Å². The molecule has 8 heavy (non-hydrogen) atoms. The number of allylic oxidation sites excluding steroid dienone is 1. The van der Waals surface area contributed by atoms with Gasteiger partial charge in [0, 0.05) is 0 Å². The van der Waals surface area contributed by atoms with Crippen molar-refractivity contribution in [3.05, 3.63) is 11.6 Å². The Morgan fingerprint density at radius 1 is 1.50 bits per heavy atom. The van der Waals surface area contributed by atoms with E-state index >= 15 is 0 Å². The van der Waals surface area contributed by atoms with E-state index in [0.29, 0.717) is 12.2 Å². The van der Waals surface area contributed by atoms with Gasteiger partial charge in [-0.2, -0.15) is 4.39 Å². The van der Waals surface area contributed by atoms with Crippen LogP contribution in [-0.2, 0) is 4.74 Å². The predicted molar refractivity (Wildman–Crippen MR) is 31.1 cm³/mol. The van der Waals surface area contributed by atoms with Crippen molar-refractivity contribution in [2.75, 3.05) is 6.61 Å². The smallest absolute Gasteiger partial charge is 0.271 e. The highest BCUT2D eigenvalue weighted by molar-refractivity contribution is 4.93. The number of rotatable bonds is 2.